The number of fused-ring (bicyclic) bond motifs is 1. The summed E-state index contributed by atoms with van der Waals surface area (Å²) in [6, 6.07) is 8.78. The Morgan fingerprint density at radius 1 is 1.25 bits per heavy atom. The highest BCUT2D eigenvalue weighted by molar-refractivity contribution is 5.94. The lowest BCUT2D eigenvalue weighted by Crippen LogP contribution is -2.46. The summed E-state index contributed by atoms with van der Waals surface area (Å²) >= 11 is 0. The van der Waals surface area contributed by atoms with Crippen LogP contribution in [0.3, 0.4) is 0 Å². The number of carbonyl (C=O) groups is 1. The molecular weight excluding hydrogens is 248 g/mol. The number of piperidine rings is 1. The van der Waals surface area contributed by atoms with Crippen LogP contribution in [0.4, 0.5) is 0 Å². The average molecular weight is 272 g/mol. The molecule has 1 amide bonds. The molecule has 2 fully saturated rings. The van der Waals surface area contributed by atoms with Crippen LogP contribution in [-0.2, 0) is 0 Å². The molecule has 1 aromatic rings. The zero-order valence-corrected chi connectivity index (χ0v) is 12.4. The van der Waals surface area contributed by atoms with E-state index < -0.39 is 0 Å². The summed E-state index contributed by atoms with van der Waals surface area (Å²) < 4.78 is 0. The summed E-state index contributed by atoms with van der Waals surface area (Å²) in [6.45, 7) is 7.27. The molecule has 0 radical (unpaired) electrons. The van der Waals surface area contributed by atoms with E-state index in [1.54, 1.807) is 0 Å². The Morgan fingerprint density at radius 3 is 2.70 bits per heavy atom. The maximum atomic E-state index is 12.6. The van der Waals surface area contributed by atoms with Gasteiger partial charge >= 0.3 is 0 Å². The van der Waals surface area contributed by atoms with E-state index in [0.29, 0.717) is 17.9 Å². The first-order chi connectivity index (χ1) is 9.65. The van der Waals surface area contributed by atoms with Gasteiger partial charge in [0, 0.05) is 24.7 Å². The molecule has 3 heteroatoms. The van der Waals surface area contributed by atoms with Gasteiger partial charge in [0.2, 0.25) is 0 Å². The Hall–Kier alpha value is -1.35. The minimum Gasteiger partial charge on any atom is -0.338 e. The predicted molar refractivity (Wildman–Crippen MR) is 80.9 cm³/mol. The van der Waals surface area contributed by atoms with E-state index in [4.69, 9.17) is 0 Å². The number of nitrogens with one attached hydrogen (secondary N) is 1. The van der Waals surface area contributed by atoms with Crippen molar-refractivity contribution >= 4 is 5.91 Å². The number of rotatable bonds is 2. The largest absolute Gasteiger partial charge is 0.338 e. The maximum Gasteiger partial charge on any atom is 0.253 e. The SMILES string of the molecule is CC(C)c1ccc(C(=O)N2CCC3NCCC3C2)cc1. The molecular formula is C17H24N2O. The first-order valence-corrected chi connectivity index (χ1v) is 7.78. The third kappa shape index (κ3) is 2.59. The van der Waals surface area contributed by atoms with Crippen LogP contribution >= 0.6 is 0 Å². The van der Waals surface area contributed by atoms with Gasteiger partial charge in [-0.05, 0) is 48.9 Å². The molecule has 20 heavy (non-hydrogen) atoms. The van der Waals surface area contributed by atoms with Gasteiger partial charge in [0.05, 0.1) is 0 Å². The zero-order chi connectivity index (χ0) is 14.1. The number of hydrogen-bond acceptors (Lipinski definition) is 2. The van der Waals surface area contributed by atoms with Gasteiger partial charge in [-0.3, -0.25) is 4.79 Å². The fourth-order valence-electron chi connectivity index (χ4n) is 3.43. The van der Waals surface area contributed by atoms with E-state index in [2.05, 4.69) is 31.3 Å². The standard InChI is InChI=1S/C17H24N2O/c1-12(2)13-3-5-14(6-4-13)17(20)19-10-8-16-15(11-19)7-9-18-16/h3-6,12,15-16,18H,7-11H2,1-2H3. The van der Waals surface area contributed by atoms with Crippen molar-refractivity contribution in [2.45, 2.75) is 38.6 Å². The molecule has 1 N–H and O–H groups in total. The molecule has 3 rings (SSSR count). The highest BCUT2D eigenvalue weighted by Gasteiger charge is 2.34. The Balaban J connectivity index is 1.69. The first-order valence-electron chi connectivity index (χ1n) is 7.78. The molecule has 2 heterocycles. The molecule has 0 aromatic heterocycles. The summed E-state index contributed by atoms with van der Waals surface area (Å²) in [5.41, 5.74) is 2.12. The van der Waals surface area contributed by atoms with Crippen LogP contribution in [0.25, 0.3) is 0 Å². The van der Waals surface area contributed by atoms with Gasteiger partial charge in [0.1, 0.15) is 0 Å². The number of carbonyl (C=O) groups excluding carboxylic acids is 1. The molecule has 0 saturated carbocycles. The second-order valence-corrected chi connectivity index (χ2v) is 6.43. The lowest BCUT2D eigenvalue weighted by Gasteiger charge is -2.35. The van der Waals surface area contributed by atoms with Crippen LogP contribution in [0.2, 0.25) is 0 Å². The van der Waals surface area contributed by atoms with Crippen molar-refractivity contribution in [2.24, 2.45) is 5.92 Å². The van der Waals surface area contributed by atoms with E-state index in [-0.39, 0.29) is 5.91 Å². The number of likely N-dealkylation sites (tertiary alicyclic amines) is 1. The second kappa shape index (κ2) is 5.57. The first kappa shape index (κ1) is 13.6. The van der Waals surface area contributed by atoms with Gasteiger partial charge in [-0.1, -0.05) is 26.0 Å². The zero-order valence-electron chi connectivity index (χ0n) is 12.4. The molecule has 0 bridgehead atoms. The van der Waals surface area contributed by atoms with E-state index in [0.717, 1.165) is 31.6 Å². The van der Waals surface area contributed by atoms with Crippen molar-refractivity contribution in [3.05, 3.63) is 35.4 Å². The van der Waals surface area contributed by atoms with E-state index >= 15 is 0 Å². The molecule has 2 aliphatic heterocycles. The van der Waals surface area contributed by atoms with Crippen molar-refractivity contribution in [1.29, 1.82) is 0 Å². The smallest absolute Gasteiger partial charge is 0.253 e. The van der Waals surface area contributed by atoms with Crippen LogP contribution in [-0.4, -0.2) is 36.5 Å². The molecule has 2 unspecified atom stereocenters. The fourth-order valence-corrected chi connectivity index (χ4v) is 3.43. The number of hydrogen-bond donors (Lipinski definition) is 1. The summed E-state index contributed by atoms with van der Waals surface area (Å²) in [4.78, 5) is 14.6. The van der Waals surface area contributed by atoms with E-state index in [1.165, 1.54) is 12.0 Å². The molecule has 0 aliphatic carbocycles. The van der Waals surface area contributed by atoms with Crippen LogP contribution in [0, 0.1) is 5.92 Å². The minimum absolute atomic E-state index is 0.200. The Labute approximate surface area is 121 Å². The molecule has 2 atom stereocenters. The maximum absolute atomic E-state index is 12.6. The van der Waals surface area contributed by atoms with Crippen molar-refractivity contribution < 1.29 is 4.79 Å². The lowest BCUT2D eigenvalue weighted by atomic mass is 9.93. The van der Waals surface area contributed by atoms with Crippen molar-refractivity contribution in [1.82, 2.24) is 10.2 Å². The summed E-state index contributed by atoms with van der Waals surface area (Å²) in [6.07, 6.45) is 2.31. The Morgan fingerprint density at radius 2 is 2.00 bits per heavy atom. The van der Waals surface area contributed by atoms with Gasteiger partial charge in [-0.25, -0.2) is 0 Å². The van der Waals surface area contributed by atoms with Crippen LogP contribution < -0.4 is 5.32 Å². The van der Waals surface area contributed by atoms with Gasteiger partial charge in [0.25, 0.3) is 5.91 Å². The quantitative estimate of drug-likeness (QED) is 0.897. The molecule has 1 aromatic carbocycles. The third-order valence-electron chi connectivity index (χ3n) is 4.77. The van der Waals surface area contributed by atoms with Crippen LogP contribution in [0.15, 0.2) is 24.3 Å². The molecule has 0 spiro atoms. The third-order valence-corrected chi connectivity index (χ3v) is 4.77. The van der Waals surface area contributed by atoms with Gasteiger partial charge in [-0.2, -0.15) is 0 Å². The molecule has 108 valence electrons. The number of amides is 1. The van der Waals surface area contributed by atoms with Gasteiger partial charge in [0.15, 0.2) is 0 Å². The van der Waals surface area contributed by atoms with Crippen molar-refractivity contribution in [2.75, 3.05) is 19.6 Å². The monoisotopic (exact) mass is 272 g/mol. The number of benzene rings is 1. The lowest BCUT2D eigenvalue weighted by molar-refractivity contribution is 0.0662. The number of nitrogens with zero attached hydrogens (tertiary/aromatic N) is 1. The van der Waals surface area contributed by atoms with Crippen molar-refractivity contribution in [3.8, 4) is 0 Å². The summed E-state index contributed by atoms with van der Waals surface area (Å²) in [7, 11) is 0. The van der Waals surface area contributed by atoms with E-state index in [1.807, 2.05) is 17.0 Å². The fraction of sp³-hybridized carbons (Fsp3) is 0.588. The Bertz CT molecular complexity index is 480. The average Bonchev–Trinajstić information content (AvgIpc) is 2.94. The topological polar surface area (TPSA) is 32.3 Å². The second-order valence-electron chi connectivity index (χ2n) is 6.43. The predicted octanol–water partition coefficient (Wildman–Crippen LogP) is 2.63. The highest BCUT2D eigenvalue weighted by atomic mass is 16.2. The summed E-state index contributed by atoms with van der Waals surface area (Å²) in [5, 5.41) is 3.54. The van der Waals surface area contributed by atoms with E-state index in [9.17, 15) is 4.79 Å². The molecule has 3 nitrogen and oxygen atoms in total. The molecule has 2 aliphatic rings. The van der Waals surface area contributed by atoms with Gasteiger partial charge in [-0.15, -0.1) is 0 Å². The van der Waals surface area contributed by atoms with Crippen LogP contribution in [0.1, 0.15) is 48.5 Å². The minimum atomic E-state index is 0.200. The highest BCUT2D eigenvalue weighted by Crippen LogP contribution is 2.25. The van der Waals surface area contributed by atoms with Crippen LogP contribution in [0.5, 0.6) is 0 Å². The van der Waals surface area contributed by atoms with Gasteiger partial charge < -0.3 is 10.2 Å². The Kier molecular flexibility index (Phi) is 3.79. The van der Waals surface area contributed by atoms with Crippen molar-refractivity contribution in [3.63, 3.8) is 0 Å². The normalized spacial score (nSPS) is 25.9. The summed E-state index contributed by atoms with van der Waals surface area (Å²) in [5.74, 6) is 1.37. The molecule has 2 saturated heterocycles.